The van der Waals surface area contributed by atoms with Crippen LogP contribution in [0.25, 0.3) is 22.3 Å². The van der Waals surface area contributed by atoms with Crippen molar-refractivity contribution >= 4 is 23.8 Å². The number of carbonyl (C=O) groups excluding carboxylic acids is 1. The first kappa shape index (κ1) is 22.2. The van der Waals surface area contributed by atoms with E-state index in [2.05, 4.69) is 44.7 Å². The molecule has 1 saturated carbocycles. The lowest BCUT2D eigenvalue weighted by Gasteiger charge is -2.53. The van der Waals surface area contributed by atoms with E-state index in [0.29, 0.717) is 19.2 Å². The highest BCUT2D eigenvalue weighted by Gasteiger charge is 2.48. The van der Waals surface area contributed by atoms with Gasteiger partial charge in [-0.2, -0.15) is 5.10 Å². The summed E-state index contributed by atoms with van der Waals surface area (Å²) in [6.45, 7) is 10.3. The van der Waals surface area contributed by atoms with Crippen LogP contribution in [0.1, 0.15) is 32.6 Å². The van der Waals surface area contributed by atoms with E-state index in [9.17, 15) is 4.79 Å². The Labute approximate surface area is 204 Å². The third-order valence-electron chi connectivity index (χ3n) is 7.98. The van der Waals surface area contributed by atoms with Gasteiger partial charge in [0, 0.05) is 61.0 Å². The van der Waals surface area contributed by atoms with Gasteiger partial charge in [0.2, 0.25) is 0 Å². The van der Waals surface area contributed by atoms with Gasteiger partial charge in [-0.05, 0) is 38.5 Å². The molecule has 0 spiro atoms. The van der Waals surface area contributed by atoms with Gasteiger partial charge in [-0.15, -0.1) is 0 Å². The summed E-state index contributed by atoms with van der Waals surface area (Å²) in [6.07, 6.45) is 11.5. The van der Waals surface area contributed by atoms with Crippen molar-refractivity contribution in [3.63, 3.8) is 0 Å². The second-order valence-electron chi connectivity index (χ2n) is 10.7. The molecular weight excluding hydrogens is 444 g/mol. The Kier molecular flexibility index (Phi) is 5.36. The fourth-order valence-electron chi connectivity index (χ4n) is 5.40. The summed E-state index contributed by atoms with van der Waals surface area (Å²) in [6, 6.07) is 2.44. The maximum Gasteiger partial charge on any atom is 0.409 e. The fourth-order valence-corrected chi connectivity index (χ4v) is 5.40. The van der Waals surface area contributed by atoms with E-state index in [-0.39, 0.29) is 17.0 Å². The lowest BCUT2D eigenvalue weighted by molar-refractivity contribution is -0.0397. The van der Waals surface area contributed by atoms with Gasteiger partial charge < -0.3 is 14.6 Å². The molecule has 184 valence electrons. The zero-order chi connectivity index (χ0) is 24.0. The van der Waals surface area contributed by atoms with Crippen molar-refractivity contribution in [3.05, 3.63) is 31.0 Å². The van der Waals surface area contributed by atoms with Gasteiger partial charge in [0.25, 0.3) is 0 Å². The summed E-state index contributed by atoms with van der Waals surface area (Å²) >= 11 is 0. The maximum atomic E-state index is 12.4. The van der Waals surface area contributed by atoms with Crippen LogP contribution in [0.2, 0.25) is 0 Å². The summed E-state index contributed by atoms with van der Waals surface area (Å²) in [5.74, 6) is 0. The quantitative estimate of drug-likeness (QED) is 0.526. The Morgan fingerprint density at radius 2 is 2.09 bits per heavy atom. The molecule has 6 rings (SSSR count). The Morgan fingerprint density at radius 1 is 1.29 bits per heavy atom. The molecule has 3 aromatic rings. The highest BCUT2D eigenvalue weighted by molar-refractivity contribution is 5.90. The third kappa shape index (κ3) is 4.09. The number of H-pyrrole nitrogens is 1. The molecule has 35 heavy (non-hydrogen) atoms. The van der Waals surface area contributed by atoms with Crippen molar-refractivity contribution in [2.24, 2.45) is 10.4 Å². The number of fused-ring (bicyclic) bond motifs is 1. The number of hydrogen-bond acceptors (Lipinski definition) is 7. The van der Waals surface area contributed by atoms with E-state index in [4.69, 9.17) is 9.84 Å². The Morgan fingerprint density at radius 3 is 2.83 bits per heavy atom. The second-order valence-corrected chi connectivity index (χ2v) is 10.7. The van der Waals surface area contributed by atoms with Crippen molar-refractivity contribution in [1.29, 1.82) is 0 Å². The molecule has 0 bridgehead atoms. The lowest BCUT2D eigenvalue weighted by atomic mass is 9.86. The molecule has 1 N–H and O–H groups in total. The summed E-state index contributed by atoms with van der Waals surface area (Å²) in [4.78, 5) is 33.0. The van der Waals surface area contributed by atoms with Crippen LogP contribution in [0, 0.1) is 5.41 Å². The van der Waals surface area contributed by atoms with Crippen LogP contribution < -0.4 is 0 Å². The van der Waals surface area contributed by atoms with E-state index < -0.39 is 0 Å². The molecule has 1 amide bonds. The SMILES string of the molecule is C=NCC1(n2cc(-c3ncnc4[nH]ccc34)cn2)CN(C2CCN(C(=O)OCC3(C)CC3)CC2)C1. The summed E-state index contributed by atoms with van der Waals surface area (Å²) < 4.78 is 7.60. The summed E-state index contributed by atoms with van der Waals surface area (Å²) in [5.41, 5.74) is 2.67. The van der Waals surface area contributed by atoms with Crippen LogP contribution in [0.3, 0.4) is 0 Å². The third-order valence-corrected chi connectivity index (χ3v) is 7.98. The van der Waals surface area contributed by atoms with E-state index in [0.717, 1.165) is 74.2 Å². The molecule has 1 aliphatic carbocycles. The molecule has 5 heterocycles. The first-order valence-electron chi connectivity index (χ1n) is 12.4. The number of nitrogens with zero attached hydrogens (tertiary/aromatic N) is 7. The van der Waals surface area contributed by atoms with Crippen LogP contribution in [-0.4, -0.2) is 92.7 Å². The van der Waals surface area contributed by atoms with Crippen LogP contribution in [0.5, 0.6) is 0 Å². The highest BCUT2D eigenvalue weighted by atomic mass is 16.6. The predicted octanol–water partition coefficient (Wildman–Crippen LogP) is 2.93. The monoisotopic (exact) mass is 476 g/mol. The number of hydrogen-bond donors (Lipinski definition) is 1. The van der Waals surface area contributed by atoms with E-state index >= 15 is 0 Å². The molecule has 2 saturated heterocycles. The first-order valence-corrected chi connectivity index (χ1v) is 12.4. The molecule has 0 radical (unpaired) electrons. The molecule has 3 aliphatic rings. The second kappa shape index (κ2) is 8.44. The van der Waals surface area contributed by atoms with Gasteiger partial charge in [-0.25, -0.2) is 14.8 Å². The molecule has 3 aromatic heterocycles. The van der Waals surface area contributed by atoms with Crippen molar-refractivity contribution in [3.8, 4) is 11.3 Å². The van der Waals surface area contributed by atoms with Crippen LogP contribution >= 0.6 is 0 Å². The largest absolute Gasteiger partial charge is 0.449 e. The Hall–Kier alpha value is -3.27. The van der Waals surface area contributed by atoms with E-state index in [1.807, 2.05) is 28.0 Å². The number of aromatic nitrogens is 5. The molecular formula is C25H32N8O2. The van der Waals surface area contributed by atoms with Gasteiger partial charge in [0.1, 0.15) is 17.5 Å². The number of aliphatic imine (C=N–C) groups is 1. The van der Waals surface area contributed by atoms with Gasteiger partial charge in [0.05, 0.1) is 25.0 Å². The molecule has 2 aliphatic heterocycles. The summed E-state index contributed by atoms with van der Waals surface area (Å²) in [7, 11) is 0. The van der Waals surface area contributed by atoms with E-state index in [1.54, 1.807) is 6.33 Å². The number of nitrogens with one attached hydrogen (secondary N) is 1. The Balaban J connectivity index is 1.09. The van der Waals surface area contributed by atoms with E-state index in [1.165, 1.54) is 0 Å². The van der Waals surface area contributed by atoms with Gasteiger partial charge in [0.15, 0.2) is 0 Å². The lowest BCUT2D eigenvalue weighted by Crippen LogP contribution is -2.68. The van der Waals surface area contributed by atoms with Gasteiger partial charge in [-0.3, -0.25) is 14.6 Å². The average molecular weight is 477 g/mol. The minimum Gasteiger partial charge on any atom is -0.449 e. The average Bonchev–Trinajstić information content (AvgIpc) is 3.23. The molecule has 10 heteroatoms. The number of ether oxygens (including phenoxy) is 1. The highest BCUT2D eigenvalue weighted by Crippen LogP contribution is 2.45. The van der Waals surface area contributed by atoms with Crippen molar-refractivity contribution < 1.29 is 9.53 Å². The number of aromatic amines is 1. The number of likely N-dealkylation sites (tertiary alicyclic amines) is 2. The standard InChI is InChI=1S/C25H32N8O2/c1-24(6-7-24)16-35-23(34)31-9-4-19(5-10-31)32-14-25(15-32,13-26-2)33-12-18(11-30-33)21-20-3-8-27-22(20)29-17-28-21/h3,8,11-12,17,19H,2,4-7,9-10,13-16H2,1H3,(H,27,28,29). The van der Waals surface area contributed by atoms with Crippen LogP contribution in [-0.2, 0) is 10.3 Å². The zero-order valence-electron chi connectivity index (χ0n) is 20.2. The predicted molar refractivity (Wildman–Crippen MR) is 132 cm³/mol. The van der Waals surface area contributed by atoms with Crippen LogP contribution in [0.4, 0.5) is 4.79 Å². The van der Waals surface area contributed by atoms with Gasteiger partial charge in [-0.1, -0.05) is 6.92 Å². The Bertz CT molecular complexity index is 1230. The molecule has 10 nitrogen and oxygen atoms in total. The molecule has 0 aromatic carbocycles. The first-order chi connectivity index (χ1) is 17.0. The smallest absolute Gasteiger partial charge is 0.409 e. The minimum absolute atomic E-state index is 0.157. The van der Waals surface area contributed by atoms with Crippen LogP contribution in [0.15, 0.2) is 36.0 Å². The molecule has 3 fully saturated rings. The molecule has 0 atom stereocenters. The van der Waals surface area contributed by atoms with Crippen molar-refractivity contribution in [2.75, 3.05) is 39.3 Å². The summed E-state index contributed by atoms with van der Waals surface area (Å²) in [5, 5.41) is 5.70. The number of carbonyl (C=O) groups is 1. The van der Waals surface area contributed by atoms with Gasteiger partial charge >= 0.3 is 6.09 Å². The zero-order valence-corrected chi connectivity index (χ0v) is 20.2. The number of piperidine rings is 1. The fraction of sp³-hybridized carbons (Fsp3) is 0.560. The molecule has 0 unspecified atom stereocenters. The minimum atomic E-state index is -0.208. The maximum absolute atomic E-state index is 12.4. The topological polar surface area (TPSA) is 105 Å². The van der Waals surface area contributed by atoms with Crippen molar-refractivity contribution in [1.82, 2.24) is 34.5 Å². The normalized spacial score (nSPS) is 21.6. The number of amides is 1. The number of rotatable bonds is 7. The van der Waals surface area contributed by atoms with Crippen molar-refractivity contribution in [2.45, 2.75) is 44.2 Å².